The smallest absolute Gasteiger partial charge is 0.142 e. The maximum atomic E-state index is 12.4. The van der Waals surface area contributed by atoms with E-state index < -0.39 is 0 Å². The van der Waals surface area contributed by atoms with Gasteiger partial charge in [0.25, 0.3) is 0 Å². The molecule has 1 atom stereocenters. The Bertz CT molecular complexity index is 358. The molecular formula is C18H31NO. The quantitative estimate of drug-likeness (QED) is 0.759. The van der Waals surface area contributed by atoms with Crippen LogP contribution in [-0.2, 0) is 4.79 Å². The minimum atomic E-state index is -0.0505. The van der Waals surface area contributed by atoms with Gasteiger partial charge in [0.05, 0.1) is 0 Å². The van der Waals surface area contributed by atoms with Crippen molar-refractivity contribution in [2.75, 3.05) is 19.6 Å². The number of carbonyl (C=O) groups is 1. The van der Waals surface area contributed by atoms with Crippen LogP contribution in [0.5, 0.6) is 0 Å². The summed E-state index contributed by atoms with van der Waals surface area (Å²) in [7, 11) is 0. The maximum absolute atomic E-state index is 12.4. The molecule has 0 aromatic carbocycles. The highest BCUT2D eigenvalue weighted by atomic mass is 16.1. The first-order chi connectivity index (χ1) is 9.51. The first kappa shape index (κ1) is 14.6. The van der Waals surface area contributed by atoms with E-state index in [1.807, 2.05) is 0 Å². The number of Topliss-reactive ketones (excluding diaryl/α,β-unsaturated/α-hetero) is 1. The summed E-state index contributed by atoms with van der Waals surface area (Å²) in [6, 6.07) is 0. The van der Waals surface area contributed by atoms with E-state index in [0.29, 0.717) is 17.1 Å². The molecule has 0 bridgehead atoms. The van der Waals surface area contributed by atoms with Crippen LogP contribution in [0.3, 0.4) is 0 Å². The van der Waals surface area contributed by atoms with E-state index in [1.165, 1.54) is 58.0 Å². The summed E-state index contributed by atoms with van der Waals surface area (Å²) in [4.78, 5) is 15.0. The summed E-state index contributed by atoms with van der Waals surface area (Å²) in [5.74, 6) is 0.848. The van der Waals surface area contributed by atoms with Gasteiger partial charge in [-0.15, -0.1) is 0 Å². The summed E-state index contributed by atoms with van der Waals surface area (Å²) < 4.78 is 0. The summed E-state index contributed by atoms with van der Waals surface area (Å²) in [6.45, 7) is 7.78. The maximum Gasteiger partial charge on any atom is 0.142 e. The van der Waals surface area contributed by atoms with Crippen molar-refractivity contribution in [3.63, 3.8) is 0 Å². The van der Waals surface area contributed by atoms with Gasteiger partial charge in [-0.3, -0.25) is 4.79 Å². The van der Waals surface area contributed by atoms with Gasteiger partial charge in [0.1, 0.15) is 5.78 Å². The molecule has 1 aliphatic heterocycles. The van der Waals surface area contributed by atoms with Crippen molar-refractivity contribution in [3.05, 3.63) is 0 Å². The van der Waals surface area contributed by atoms with Crippen LogP contribution in [0.15, 0.2) is 0 Å². The molecule has 2 heteroatoms. The van der Waals surface area contributed by atoms with E-state index >= 15 is 0 Å². The lowest BCUT2D eigenvalue weighted by molar-refractivity contribution is -0.128. The van der Waals surface area contributed by atoms with Crippen molar-refractivity contribution in [1.29, 1.82) is 0 Å². The lowest BCUT2D eigenvalue weighted by Gasteiger charge is -2.44. The highest BCUT2D eigenvalue weighted by Gasteiger charge is 2.42. The molecular weight excluding hydrogens is 246 g/mol. The molecule has 0 aromatic rings. The number of piperidine rings is 1. The van der Waals surface area contributed by atoms with Crippen molar-refractivity contribution < 1.29 is 4.79 Å². The van der Waals surface area contributed by atoms with Crippen LogP contribution in [-0.4, -0.2) is 30.3 Å². The van der Waals surface area contributed by atoms with E-state index in [2.05, 4.69) is 18.7 Å². The number of hydrogen-bond donors (Lipinski definition) is 0. The lowest BCUT2D eigenvalue weighted by Crippen LogP contribution is -2.43. The van der Waals surface area contributed by atoms with Gasteiger partial charge in [-0.25, -0.2) is 0 Å². The first-order valence-electron chi connectivity index (χ1n) is 8.78. The molecule has 1 heterocycles. The zero-order chi connectivity index (χ0) is 14.2. The number of likely N-dealkylation sites (tertiary alicyclic amines) is 1. The van der Waals surface area contributed by atoms with E-state index in [1.54, 1.807) is 0 Å². The Hall–Kier alpha value is -0.370. The fourth-order valence-electron chi connectivity index (χ4n) is 4.84. The number of rotatable bonds is 2. The Labute approximate surface area is 124 Å². The van der Waals surface area contributed by atoms with Gasteiger partial charge in [-0.1, -0.05) is 33.1 Å². The van der Waals surface area contributed by atoms with Gasteiger partial charge in [-0.2, -0.15) is 0 Å². The monoisotopic (exact) mass is 277 g/mol. The van der Waals surface area contributed by atoms with E-state index in [-0.39, 0.29) is 5.41 Å². The van der Waals surface area contributed by atoms with E-state index in [9.17, 15) is 4.79 Å². The first-order valence-corrected chi connectivity index (χ1v) is 8.78. The highest BCUT2D eigenvalue weighted by molar-refractivity contribution is 5.88. The molecule has 0 aromatic heterocycles. The second-order valence-corrected chi connectivity index (χ2v) is 8.35. The van der Waals surface area contributed by atoms with E-state index in [0.717, 1.165) is 19.4 Å². The van der Waals surface area contributed by atoms with Crippen LogP contribution >= 0.6 is 0 Å². The van der Waals surface area contributed by atoms with Crippen LogP contribution in [0.25, 0.3) is 0 Å². The summed E-state index contributed by atoms with van der Waals surface area (Å²) in [6.07, 6.45) is 12.3. The van der Waals surface area contributed by atoms with Gasteiger partial charge in [0.15, 0.2) is 0 Å². The molecule has 3 aliphatic rings. The zero-order valence-electron chi connectivity index (χ0n) is 13.4. The van der Waals surface area contributed by atoms with Crippen LogP contribution < -0.4 is 0 Å². The molecule has 1 unspecified atom stereocenters. The molecule has 0 amide bonds. The van der Waals surface area contributed by atoms with Gasteiger partial charge < -0.3 is 4.90 Å². The predicted octanol–water partition coefficient (Wildman–Crippen LogP) is 4.04. The Morgan fingerprint density at radius 3 is 2.20 bits per heavy atom. The minimum absolute atomic E-state index is 0.0505. The van der Waals surface area contributed by atoms with Crippen molar-refractivity contribution in [1.82, 2.24) is 4.90 Å². The van der Waals surface area contributed by atoms with Gasteiger partial charge in [0, 0.05) is 17.9 Å². The zero-order valence-corrected chi connectivity index (χ0v) is 13.4. The largest absolute Gasteiger partial charge is 0.303 e. The molecule has 2 aliphatic carbocycles. The molecule has 3 fully saturated rings. The Morgan fingerprint density at radius 2 is 1.65 bits per heavy atom. The number of ketones is 1. The number of hydrogen-bond acceptors (Lipinski definition) is 2. The average Bonchev–Trinajstić information content (AvgIpc) is 2.70. The molecule has 3 rings (SSSR count). The van der Waals surface area contributed by atoms with E-state index in [4.69, 9.17) is 0 Å². The summed E-state index contributed by atoms with van der Waals surface area (Å²) in [5, 5.41) is 0. The summed E-state index contributed by atoms with van der Waals surface area (Å²) in [5.41, 5.74) is 0.638. The fourth-order valence-corrected chi connectivity index (χ4v) is 4.84. The standard InChI is InChI=1S/C18H31NO/c1-17(2)9-6-15(16(17)20)14-19-12-10-18(11-13-19)7-4-3-5-8-18/h15H,3-14H2,1-2H3. The van der Waals surface area contributed by atoms with Crippen molar-refractivity contribution in [3.8, 4) is 0 Å². The second-order valence-electron chi connectivity index (χ2n) is 8.35. The van der Waals surface area contributed by atoms with Gasteiger partial charge >= 0.3 is 0 Å². The average molecular weight is 277 g/mol. The van der Waals surface area contributed by atoms with Crippen LogP contribution in [0.2, 0.25) is 0 Å². The lowest BCUT2D eigenvalue weighted by atomic mass is 9.68. The predicted molar refractivity (Wildman–Crippen MR) is 82.7 cm³/mol. The molecule has 1 spiro atoms. The third-order valence-electron chi connectivity index (χ3n) is 6.47. The SMILES string of the molecule is CC1(C)CCC(CN2CCC3(CCCCC3)CC2)C1=O. The van der Waals surface area contributed by atoms with Gasteiger partial charge in [-0.05, 0) is 57.0 Å². The molecule has 2 saturated carbocycles. The summed E-state index contributed by atoms with van der Waals surface area (Å²) >= 11 is 0. The van der Waals surface area contributed by atoms with Gasteiger partial charge in [0.2, 0.25) is 0 Å². The fraction of sp³-hybridized carbons (Fsp3) is 0.944. The Morgan fingerprint density at radius 1 is 1.00 bits per heavy atom. The molecule has 2 nitrogen and oxygen atoms in total. The van der Waals surface area contributed by atoms with Crippen LogP contribution in [0.1, 0.15) is 71.6 Å². The number of carbonyl (C=O) groups excluding carboxylic acids is 1. The second kappa shape index (κ2) is 5.44. The molecule has 0 radical (unpaired) electrons. The minimum Gasteiger partial charge on any atom is -0.303 e. The number of nitrogens with zero attached hydrogens (tertiary/aromatic N) is 1. The van der Waals surface area contributed by atoms with Crippen LogP contribution in [0.4, 0.5) is 0 Å². The van der Waals surface area contributed by atoms with Crippen LogP contribution in [0, 0.1) is 16.7 Å². The molecule has 114 valence electrons. The van der Waals surface area contributed by atoms with Crippen molar-refractivity contribution >= 4 is 5.78 Å². The topological polar surface area (TPSA) is 20.3 Å². The van der Waals surface area contributed by atoms with Crippen molar-refractivity contribution in [2.45, 2.75) is 71.6 Å². The normalized spacial score (nSPS) is 33.7. The highest BCUT2D eigenvalue weighted by Crippen LogP contribution is 2.45. The molecule has 20 heavy (non-hydrogen) atoms. The third-order valence-corrected chi connectivity index (χ3v) is 6.47. The molecule has 1 saturated heterocycles. The Kier molecular flexibility index (Phi) is 3.96. The molecule has 0 N–H and O–H groups in total. The Balaban J connectivity index is 1.51. The van der Waals surface area contributed by atoms with Crippen molar-refractivity contribution in [2.24, 2.45) is 16.7 Å². The third kappa shape index (κ3) is 2.81.